The molecule has 0 atom stereocenters. The average Bonchev–Trinajstić information content (AvgIpc) is 2.58. The van der Waals surface area contributed by atoms with Gasteiger partial charge in [0, 0.05) is 5.56 Å². The van der Waals surface area contributed by atoms with Gasteiger partial charge in [-0.25, -0.2) is 4.79 Å². The third kappa shape index (κ3) is 2.60. The Balaban J connectivity index is 2.36. The number of carbonyl (C=O) groups excluding carboxylic acids is 1. The van der Waals surface area contributed by atoms with E-state index in [2.05, 4.69) is 23.2 Å². The molecule has 0 aliphatic heterocycles. The maximum atomic E-state index is 10.9. The molecule has 0 saturated carbocycles. The van der Waals surface area contributed by atoms with Gasteiger partial charge in [0.25, 0.3) is 0 Å². The molecule has 0 unspecified atom stereocenters. The number of nitrogens with zero attached hydrogens (tertiary/aromatic N) is 1. The predicted molar refractivity (Wildman–Crippen MR) is 89.8 cm³/mol. The van der Waals surface area contributed by atoms with Crippen molar-refractivity contribution in [2.24, 2.45) is 4.99 Å². The second-order valence-corrected chi connectivity index (χ2v) is 5.09. The van der Waals surface area contributed by atoms with Gasteiger partial charge in [0.15, 0.2) is 0 Å². The molecule has 3 rings (SSSR count). The molecule has 0 heterocycles. The summed E-state index contributed by atoms with van der Waals surface area (Å²) in [6.07, 6.45) is 1.69. The van der Waals surface area contributed by atoms with Crippen LogP contribution in [0.5, 0.6) is 0 Å². The second-order valence-electron chi connectivity index (χ2n) is 5.09. The van der Waals surface area contributed by atoms with Crippen LogP contribution in [0.2, 0.25) is 0 Å². The summed E-state index contributed by atoms with van der Waals surface area (Å²) in [6, 6.07) is 24.2. The lowest BCUT2D eigenvalue weighted by atomic mass is 9.91. The zero-order valence-electron chi connectivity index (χ0n) is 12.3. The van der Waals surface area contributed by atoms with E-state index in [1.165, 1.54) is 0 Å². The van der Waals surface area contributed by atoms with Gasteiger partial charge in [0.2, 0.25) is 6.08 Å². The first-order valence-corrected chi connectivity index (χ1v) is 7.13. The fourth-order valence-corrected chi connectivity index (χ4v) is 2.64. The highest BCUT2D eigenvalue weighted by atomic mass is 16.1. The van der Waals surface area contributed by atoms with Crippen molar-refractivity contribution < 1.29 is 4.79 Å². The molecule has 0 fully saturated rings. The van der Waals surface area contributed by atoms with Crippen LogP contribution in [-0.2, 0) is 4.79 Å². The summed E-state index contributed by atoms with van der Waals surface area (Å²) in [5.41, 5.74) is 5.81. The molecule has 3 aromatic carbocycles. The van der Waals surface area contributed by atoms with Gasteiger partial charge in [-0.05, 0) is 29.2 Å². The Labute approximate surface area is 129 Å². The van der Waals surface area contributed by atoms with Crippen LogP contribution in [0.4, 0.5) is 5.69 Å². The Hall–Kier alpha value is -2.96. The van der Waals surface area contributed by atoms with E-state index < -0.39 is 0 Å². The summed E-state index contributed by atoms with van der Waals surface area (Å²) >= 11 is 0. The van der Waals surface area contributed by atoms with Crippen LogP contribution >= 0.6 is 0 Å². The molecule has 3 aromatic rings. The SMILES string of the molecule is Cc1ccc(-c2ccccc2)c(-c2ccccc2)c1N=C=O. The van der Waals surface area contributed by atoms with Crippen molar-refractivity contribution >= 4 is 11.8 Å². The molecule has 0 aromatic heterocycles. The van der Waals surface area contributed by atoms with E-state index >= 15 is 0 Å². The van der Waals surface area contributed by atoms with Gasteiger partial charge in [-0.3, -0.25) is 0 Å². The summed E-state index contributed by atoms with van der Waals surface area (Å²) in [5, 5.41) is 0. The summed E-state index contributed by atoms with van der Waals surface area (Å²) in [5.74, 6) is 0. The number of benzene rings is 3. The van der Waals surface area contributed by atoms with Crippen LogP contribution < -0.4 is 0 Å². The predicted octanol–water partition coefficient (Wildman–Crippen LogP) is 5.30. The number of aliphatic imine (C=N–C) groups is 1. The van der Waals surface area contributed by atoms with Gasteiger partial charge < -0.3 is 0 Å². The monoisotopic (exact) mass is 285 g/mol. The highest BCUT2D eigenvalue weighted by molar-refractivity contribution is 5.92. The second kappa shape index (κ2) is 6.21. The van der Waals surface area contributed by atoms with Gasteiger partial charge in [-0.1, -0.05) is 72.8 Å². The van der Waals surface area contributed by atoms with Crippen LogP contribution in [0.1, 0.15) is 5.56 Å². The van der Waals surface area contributed by atoms with Crippen molar-refractivity contribution in [2.75, 3.05) is 0 Å². The van der Waals surface area contributed by atoms with Crippen LogP contribution in [0.15, 0.2) is 77.8 Å². The van der Waals surface area contributed by atoms with Crippen molar-refractivity contribution in [2.45, 2.75) is 6.92 Å². The van der Waals surface area contributed by atoms with Crippen LogP contribution in [0, 0.1) is 6.92 Å². The lowest BCUT2D eigenvalue weighted by Gasteiger charge is -2.14. The Bertz CT molecular complexity index is 832. The van der Waals surface area contributed by atoms with Crippen molar-refractivity contribution in [1.82, 2.24) is 0 Å². The largest absolute Gasteiger partial charge is 0.240 e. The summed E-state index contributed by atoms with van der Waals surface area (Å²) in [4.78, 5) is 14.8. The highest BCUT2D eigenvalue weighted by Gasteiger charge is 2.14. The minimum Gasteiger partial charge on any atom is -0.211 e. The molecule has 106 valence electrons. The first-order valence-electron chi connectivity index (χ1n) is 7.13. The van der Waals surface area contributed by atoms with Crippen molar-refractivity contribution in [3.05, 3.63) is 78.4 Å². The molecule has 0 radical (unpaired) electrons. The molecule has 0 amide bonds. The smallest absolute Gasteiger partial charge is 0.211 e. The van der Waals surface area contributed by atoms with Gasteiger partial charge >= 0.3 is 0 Å². The Morgan fingerprint density at radius 3 is 1.95 bits per heavy atom. The van der Waals surface area contributed by atoms with E-state index in [1.807, 2.05) is 61.5 Å². The molecule has 2 heteroatoms. The molecular formula is C20H15NO. The fraction of sp³-hybridized carbons (Fsp3) is 0.0500. The molecule has 0 spiro atoms. The van der Waals surface area contributed by atoms with E-state index in [-0.39, 0.29) is 0 Å². The minimum absolute atomic E-state index is 0.683. The van der Waals surface area contributed by atoms with E-state index in [4.69, 9.17) is 0 Å². The number of aryl methyl sites for hydroxylation is 1. The Morgan fingerprint density at radius 2 is 1.36 bits per heavy atom. The number of rotatable bonds is 3. The Morgan fingerprint density at radius 1 is 0.773 bits per heavy atom. The van der Waals surface area contributed by atoms with Crippen LogP contribution in [-0.4, -0.2) is 6.08 Å². The Kier molecular flexibility index (Phi) is 3.95. The lowest BCUT2D eigenvalue weighted by Crippen LogP contribution is -1.89. The van der Waals surface area contributed by atoms with Crippen LogP contribution in [0.25, 0.3) is 22.3 Å². The van der Waals surface area contributed by atoms with E-state index in [9.17, 15) is 4.79 Å². The topological polar surface area (TPSA) is 29.4 Å². The zero-order valence-corrected chi connectivity index (χ0v) is 12.3. The number of hydrogen-bond donors (Lipinski definition) is 0. The molecule has 0 saturated heterocycles. The standard InChI is InChI=1S/C20H15NO/c1-15-12-13-18(16-8-4-2-5-9-16)19(20(15)21-14-22)17-10-6-3-7-11-17/h2-13H,1H3. The normalized spacial score (nSPS) is 10.0. The van der Waals surface area contributed by atoms with E-state index in [1.54, 1.807) is 6.08 Å². The molecule has 0 N–H and O–H groups in total. The fourth-order valence-electron chi connectivity index (χ4n) is 2.64. The van der Waals surface area contributed by atoms with E-state index in [0.29, 0.717) is 5.69 Å². The van der Waals surface area contributed by atoms with E-state index in [0.717, 1.165) is 27.8 Å². The highest BCUT2D eigenvalue weighted by Crippen LogP contribution is 2.41. The van der Waals surface area contributed by atoms with Crippen molar-refractivity contribution in [3.8, 4) is 22.3 Å². The lowest BCUT2D eigenvalue weighted by molar-refractivity contribution is 0.565. The molecule has 0 aliphatic rings. The number of isocyanates is 1. The van der Waals surface area contributed by atoms with Crippen molar-refractivity contribution in [1.29, 1.82) is 0 Å². The maximum Gasteiger partial charge on any atom is 0.240 e. The minimum atomic E-state index is 0.683. The first-order chi connectivity index (χ1) is 10.8. The van der Waals surface area contributed by atoms with Gasteiger partial charge in [-0.2, -0.15) is 4.99 Å². The third-order valence-corrected chi connectivity index (χ3v) is 3.68. The first kappa shape index (κ1) is 14.0. The van der Waals surface area contributed by atoms with Gasteiger partial charge in [0.05, 0.1) is 5.69 Å². The summed E-state index contributed by atoms with van der Waals surface area (Å²) in [7, 11) is 0. The average molecular weight is 285 g/mol. The van der Waals surface area contributed by atoms with Crippen molar-refractivity contribution in [3.63, 3.8) is 0 Å². The molecule has 2 nitrogen and oxygen atoms in total. The molecule has 0 aliphatic carbocycles. The quantitative estimate of drug-likeness (QED) is 0.474. The van der Waals surface area contributed by atoms with Gasteiger partial charge in [0.1, 0.15) is 0 Å². The molecule has 22 heavy (non-hydrogen) atoms. The third-order valence-electron chi connectivity index (χ3n) is 3.68. The summed E-state index contributed by atoms with van der Waals surface area (Å²) in [6.45, 7) is 1.96. The zero-order chi connectivity index (χ0) is 15.4. The molecule has 0 bridgehead atoms. The maximum absolute atomic E-state index is 10.9. The van der Waals surface area contributed by atoms with Gasteiger partial charge in [-0.15, -0.1) is 0 Å². The summed E-state index contributed by atoms with van der Waals surface area (Å²) < 4.78 is 0. The van der Waals surface area contributed by atoms with Crippen LogP contribution in [0.3, 0.4) is 0 Å². The molecular weight excluding hydrogens is 270 g/mol. The number of hydrogen-bond acceptors (Lipinski definition) is 2.